The number of hydrogen-bond acceptors (Lipinski definition) is 5. The molecule has 3 atom stereocenters. The SMILES string of the molecule is COc1ccc([C@H]2OC[C@H](Cc3ccc(OC)c(OC)c3)[C@@H]2CO)cc1C. The molecule has 0 spiro atoms. The second-order valence-corrected chi connectivity index (χ2v) is 6.98. The van der Waals surface area contributed by atoms with Gasteiger partial charge in [-0.25, -0.2) is 0 Å². The molecule has 0 aliphatic carbocycles. The molecule has 5 heteroatoms. The second kappa shape index (κ2) is 8.63. The standard InChI is InChI=1S/C22H28O5/c1-14-9-16(6-8-19(14)24-2)22-18(12-23)17(13-27-22)10-15-5-7-20(25-3)21(11-15)26-4/h5-9,11,17-18,22-23H,10,12-13H2,1-4H3/t17-,18-,22+/m0/s1. The molecule has 0 saturated carbocycles. The van der Waals surface area contributed by atoms with Gasteiger partial charge >= 0.3 is 0 Å². The molecule has 146 valence electrons. The Morgan fingerprint density at radius 2 is 1.67 bits per heavy atom. The van der Waals surface area contributed by atoms with Crippen molar-refractivity contribution in [2.75, 3.05) is 34.5 Å². The molecule has 0 radical (unpaired) electrons. The van der Waals surface area contributed by atoms with Crippen LogP contribution in [0.5, 0.6) is 17.2 Å². The first-order valence-corrected chi connectivity index (χ1v) is 9.19. The van der Waals surface area contributed by atoms with Crippen LogP contribution in [-0.4, -0.2) is 39.6 Å². The Hall–Kier alpha value is -2.24. The quantitative estimate of drug-likeness (QED) is 0.805. The fraction of sp³-hybridized carbons (Fsp3) is 0.455. The van der Waals surface area contributed by atoms with Gasteiger partial charge in [0.25, 0.3) is 0 Å². The molecule has 1 fully saturated rings. The van der Waals surface area contributed by atoms with E-state index in [0.717, 1.165) is 34.6 Å². The highest BCUT2D eigenvalue weighted by Crippen LogP contribution is 2.41. The zero-order chi connectivity index (χ0) is 19.4. The van der Waals surface area contributed by atoms with Gasteiger partial charge in [-0.3, -0.25) is 0 Å². The fourth-order valence-corrected chi connectivity index (χ4v) is 3.91. The summed E-state index contributed by atoms with van der Waals surface area (Å²) in [6, 6.07) is 12.0. The zero-order valence-electron chi connectivity index (χ0n) is 16.4. The number of aryl methyl sites for hydroxylation is 1. The van der Waals surface area contributed by atoms with Crippen LogP contribution in [0.2, 0.25) is 0 Å². The predicted molar refractivity (Wildman–Crippen MR) is 104 cm³/mol. The number of benzene rings is 2. The highest BCUT2D eigenvalue weighted by atomic mass is 16.5. The minimum absolute atomic E-state index is 0.0471. The van der Waals surface area contributed by atoms with Gasteiger partial charge in [0, 0.05) is 12.5 Å². The third-order valence-corrected chi connectivity index (χ3v) is 5.39. The molecular formula is C22H28O5. The molecule has 0 amide bonds. The van der Waals surface area contributed by atoms with E-state index in [-0.39, 0.29) is 24.5 Å². The van der Waals surface area contributed by atoms with E-state index in [1.54, 1.807) is 21.3 Å². The van der Waals surface area contributed by atoms with E-state index in [4.69, 9.17) is 18.9 Å². The maximum atomic E-state index is 10.0. The fourth-order valence-electron chi connectivity index (χ4n) is 3.91. The van der Waals surface area contributed by atoms with E-state index in [2.05, 4.69) is 6.07 Å². The van der Waals surface area contributed by atoms with E-state index < -0.39 is 0 Å². The van der Waals surface area contributed by atoms with Crippen molar-refractivity contribution in [1.82, 2.24) is 0 Å². The summed E-state index contributed by atoms with van der Waals surface area (Å²) < 4.78 is 22.2. The Kier molecular flexibility index (Phi) is 6.24. The Morgan fingerprint density at radius 3 is 2.30 bits per heavy atom. The number of hydrogen-bond donors (Lipinski definition) is 1. The normalized spacial score (nSPS) is 21.9. The smallest absolute Gasteiger partial charge is 0.160 e. The van der Waals surface area contributed by atoms with Gasteiger partial charge in [-0.1, -0.05) is 12.1 Å². The molecule has 0 unspecified atom stereocenters. The van der Waals surface area contributed by atoms with Crippen molar-refractivity contribution in [2.24, 2.45) is 11.8 Å². The average Bonchev–Trinajstić information content (AvgIpc) is 3.10. The van der Waals surface area contributed by atoms with Crippen LogP contribution in [0.3, 0.4) is 0 Å². The molecule has 1 aliphatic heterocycles. The Bertz CT molecular complexity index is 773. The third kappa shape index (κ3) is 4.04. The summed E-state index contributed by atoms with van der Waals surface area (Å²) in [4.78, 5) is 0. The molecule has 27 heavy (non-hydrogen) atoms. The summed E-state index contributed by atoms with van der Waals surface area (Å²) in [5, 5.41) is 10.0. The van der Waals surface area contributed by atoms with Crippen LogP contribution in [0.25, 0.3) is 0 Å². The lowest BCUT2D eigenvalue weighted by Crippen LogP contribution is -2.21. The van der Waals surface area contributed by atoms with Gasteiger partial charge < -0.3 is 24.1 Å². The van der Waals surface area contributed by atoms with Crippen molar-refractivity contribution < 1.29 is 24.1 Å². The van der Waals surface area contributed by atoms with Gasteiger partial charge in [-0.15, -0.1) is 0 Å². The van der Waals surface area contributed by atoms with E-state index in [9.17, 15) is 5.11 Å². The maximum Gasteiger partial charge on any atom is 0.160 e. The molecule has 5 nitrogen and oxygen atoms in total. The Labute approximate surface area is 160 Å². The molecular weight excluding hydrogens is 344 g/mol. The molecule has 3 rings (SSSR count). The molecule has 2 aromatic rings. The first-order chi connectivity index (χ1) is 13.1. The number of aliphatic hydroxyl groups excluding tert-OH is 1. The van der Waals surface area contributed by atoms with Gasteiger partial charge in [0.1, 0.15) is 5.75 Å². The average molecular weight is 372 g/mol. The minimum atomic E-state index is -0.107. The van der Waals surface area contributed by atoms with Crippen LogP contribution in [-0.2, 0) is 11.2 Å². The van der Waals surface area contributed by atoms with E-state index in [0.29, 0.717) is 12.4 Å². The summed E-state index contributed by atoms with van der Waals surface area (Å²) in [6.45, 7) is 2.73. The first kappa shape index (κ1) is 19.5. The van der Waals surface area contributed by atoms with Crippen LogP contribution in [0.4, 0.5) is 0 Å². The van der Waals surface area contributed by atoms with Crippen molar-refractivity contribution in [3.63, 3.8) is 0 Å². The molecule has 1 N–H and O–H groups in total. The van der Waals surface area contributed by atoms with Crippen molar-refractivity contribution in [3.05, 3.63) is 53.1 Å². The summed E-state index contributed by atoms with van der Waals surface area (Å²) in [5.41, 5.74) is 3.30. The number of aliphatic hydroxyl groups is 1. The van der Waals surface area contributed by atoms with Crippen LogP contribution < -0.4 is 14.2 Å². The first-order valence-electron chi connectivity index (χ1n) is 9.19. The molecule has 1 saturated heterocycles. The maximum absolute atomic E-state index is 10.0. The van der Waals surface area contributed by atoms with Crippen molar-refractivity contribution >= 4 is 0 Å². The molecule has 2 aromatic carbocycles. The highest BCUT2D eigenvalue weighted by molar-refractivity contribution is 5.43. The topological polar surface area (TPSA) is 57.2 Å². The second-order valence-electron chi connectivity index (χ2n) is 6.98. The minimum Gasteiger partial charge on any atom is -0.496 e. The van der Waals surface area contributed by atoms with Gasteiger partial charge in [0.05, 0.1) is 34.0 Å². The van der Waals surface area contributed by atoms with Crippen molar-refractivity contribution in [1.29, 1.82) is 0 Å². The van der Waals surface area contributed by atoms with Gasteiger partial charge in [0.15, 0.2) is 11.5 Å². The van der Waals surface area contributed by atoms with Crippen molar-refractivity contribution in [3.8, 4) is 17.2 Å². The van der Waals surface area contributed by atoms with E-state index in [1.807, 2.05) is 37.3 Å². The molecule has 1 heterocycles. The van der Waals surface area contributed by atoms with Gasteiger partial charge in [-0.2, -0.15) is 0 Å². The third-order valence-electron chi connectivity index (χ3n) is 5.39. The zero-order valence-corrected chi connectivity index (χ0v) is 16.4. The highest BCUT2D eigenvalue weighted by Gasteiger charge is 2.37. The lowest BCUT2D eigenvalue weighted by Gasteiger charge is -2.22. The lowest BCUT2D eigenvalue weighted by molar-refractivity contribution is 0.0718. The van der Waals surface area contributed by atoms with Gasteiger partial charge in [-0.05, 0) is 60.2 Å². The number of methoxy groups -OCH3 is 3. The summed E-state index contributed by atoms with van der Waals surface area (Å²) in [5.74, 6) is 2.58. The van der Waals surface area contributed by atoms with Crippen LogP contribution in [0, 0.1) is 18.8 Å². The largest absolute Gasteiger partial charge is 0.496 e. The Morgan fingerprint density at radius 1 is 0.963 bits per heavy atom. The van der Waals surface area contributed by atoms with Crippen molar-refractivity contribution in [2.45, 2.75) is 19.4 Å². The Balaban J connectivity index is 1.77. The number of ether oxygens (including phenoxy) is 4. The lowest BCUT2D eigenvalue weighted by atomic mass is 9.84. The van der Waals surface area contributed by atoms with Crippen LogP contribution >= 0.6 is 0 Å². The summed E-state index contributed by atoms with van der Waals surface area (Å²) in [6.07, 6.45) is 0.710. The van der Waals surface area contributed by atoms with Gasteiger partial charge in [0.2, 0.25) is 0 Å². The van der Waals surface area contributed by atoms with E-state index >= 15 is 0 Å². The molecule has 0 bridgehead atoms. The number of rotatable bonds is 7. The van der Waals surface area contributed by atoms with Crippen LogP contribution in [0.1, 0.15) is 22.8 Å². The molecule has 1 aliphatic rings. The molecule has 0 aromatic heterocycles. The van der Waals surface area contributed by atoms with Crippen LogP contribution in [0.15, 0.2) is 36.4 Å². The van der Waals surface area contributed by atoms with E-state index in [1.165, 1.54) is 0 Å². The summed E-state index contributed by atoms with van der Waals surface area (Å²) >= 11 is 0. The predicted octanol–water partition coefficient (Wildman–Crippen LogP) is 3.56. The monoisotopic (exact) mass is 372 g/mol. The summed E-state index contributed by atoms with van der Waals surface area (Å²) in [7, 11) is 4.94.